The smallest absolute Gasteiger partial charge is 0.270 e. The highest BCUT2D eigenvalue weighted by Crippen LogP contribution is 2.16. The Bertz CT molecular complexity index is 574. The third kappa shape index (κ3) is 3.96. The summed E-state index contributed by atoms with van der Waals surface area (Å²) in [5, 5.41) is 0. The van der Waals surface area contributed by atoms with Gasteiger partial charge in [0.05, 0.1) is 19.3 Å². The number of likely N-dealkylation sites (tertiary alicyclic amines) is 1. The summed E-state index contributed by atoms with van der Waals surface area (Å²) in [6, 6.07) is 2.95. The van der Waals surface area contributed by atoms with Gasteiger partial charge in [-0.05, 0) is 19.8 Å². The maximum absolute atomic E-state index is 12.6. The summed E-state index contributed by atoms with van der Waals surface area (Å²) in [4.78, 5) is 26.0. The van der Waals surface area contributed by atoms with Crippen molar-refractivity contribution >= 4 is 5.91 Å². The Kier molecular flexibility index (Phi) is 5.74. The quantitative estimate of drug-likeness (QED) is 0.760. The van der Waals surface area contributed by atoms with E-state index in [2.05, 4.69) is 0 Å². The van der Waals surface area contributed by atoms with Crippen LogP contribution < -0.4 is 5.43 Å². The molecule has 0 radical (unpaired) electrons. The largest absolute Gasteiger partial charge is 0.382 e. The molecule has 122 valence electrons. The van der Waals surface area contributed by atoms with Gasteiger partial charge >= 0.3 is 0 Å². The molecule has 2 heterocycles. The van der Waals surface area contributed by atoms with Crippen LogP contribution in [0.2, 0.25) is 0 Å². The molecule has 0 bridgehead atoms. The van der Waals surface area contributed by atoms with E-state index in [1.54, 1.807) is 16.6 Å². The lowest BCUT2D eigenvalue weighted by Gasteiger charge is -2.32. The maximum Gasteiger partial charge on any atom is 0.270 e. The first-order chi connectivity index (χ1) is 10.5. The average molecular weight is 308 g/mol. The molecule has 0 N–H and O–H groups in total. The van der Waals surface area contributed by atoms with Crippen LogP contribution >= 0.6 is 0 Å². The van der Waals surface area contributed by atoms with Crippen molar-refractivity contribution in [3.63, 3.8) is 0 Å². The molecule has 0 aliphatic carbocycles. The number of ether oxygens (including phenoxy) is 2. The van der Waals surface area contributed by atoms with Crippen molar-refractivity contribution in [3.05, 3.63) is 33.7 Å². The molecule has 1 aromatic rings. The number of hydrogen-bond donors (Lipinski definition) is 0. The number of nitrogens with zero attached hydrogens (tertiary/aromatic N) is 2. The molecule has 0 aromatic carbocycles. The monoisotopic (exact) mass is 308 g/mol. The van der Waals surface area contributed by atoms with Gasteiger partial charge in [0, 0.05) is 45.1 Å². The predicted octanol–water partition coefficient (Wildman–Crippen LogP) is 0.961. The second kappa shape index (κ2) is 7.56. The maximum atomic E-state index is 12.6. The van der Waals surface area contributed by atoms with Crippen molar-refractivity contribution in [1.29, 1.82) is 0 Å². The number of aromatic nitrogens is 1. The summed E-state index contributed by atoms with van der Waals surface area (Å²) in [6.07, 6.45) is 1.81. The van der Waals surface area contributed by atoms with Gasteiger partial charge in [-0.25, -0.2) is 0 Å². The molecule has 1 aliphatic heterocycles. The molecule has 1 amide bonds. The fraction of sp³-hybridized carbons (Fsp3) is 0.625. The van der Waals surface area contributed by atoms with Crippen molar-refractivity contribution in [3.8, 4) is 0 Å². The van der Waals surface area contributed by atoms with E-state index >= 15 is 0 Å². The van der Waals surface area contributed by atoms with Crippen LogP contribution in [0.3, 0.4) is 0 Å². The molecule has 0 spiro atoms. The Morgan fingerprint density at radius 3 is 2.59 bits per heavy atom. The SMILES string of the molecule is COCCOC1CCN(C(=O)c2cc(=O)cc(C)n2C)CC1. The van der Waals surface area contributed by atoms with Crippen molar-refractivity contribution in [2.24, 2.45) is 7.05 Å². The Morgan fingerprint density at radius 2 is 1.95 bits per heavy atom. The number of hydrogen-bond acceptors (Lipinski definition) is 4. The second-order valence-electron chi connectivity index (χ2n) is 5.63. The van der Waals surface area contributed by atoms with E-state index in [-0.39, 0.29) is 17.4 Å². The molecular weight excluding hydrogens is 284 g/mol. The molecule has 6 heteroatoms. The number of aryl methyl sites for hydroxylation is 1. The van der Waals surface area contributed by atoms with Gasteiger partial charge in [-0.1, -0.05) is 0 Å². The highest BCUT2D eigenvalue weighted by molar-refractivity contribution is 5.92. The molecule has 1 fully saturated rings. The zero-order valence-corrected chi connectivity index (χ0v) is 13.5. The fourth-order valence-corrected chi connectivity index (χ4v) is 2.66. The topological polar surface area (TPSA) is 60.8 Å². The summed E-state index contributed by atoms with van der Waals surface area (Å²) in [5.41, 5.74) is 1.11. The zero-order valence-electron chi connectivity index (χ0n) is 13.5. The second-order valence-corrected chi connectivity index (χ2v) is 5.63. The summed E-state index contributed by atoms with van der Waals surface area (Å²) in [5.74, 6) is -0.0846. The van der Waals surface area contributed by atoms with Crippen LogP contribution in [0.25, 0.3) is 0 Å². The first kappa shape index (κ1) is 16.7. The number of amides is 1. The molecule has 22 heavy (non-hydrogen) atoms. The molecule has 2 rings (SSSR count). The molecule has 1 aromatic heterocycles. The highest BCUT2D eigenvalue weighted by atomic mass is 16.5. The van der Waals surface area contributed by atoms with Crippen LogP contribution in [0, 0.1) is 6.92 Å². The van der Waals surface area contributed by atoms with Gasteiger partial charge in [0.15, 0.2) is 5.43 Å². The summed E-state index contributed by atoms with van der Waals surface area (Å²) < 4.78 is 12.4. The third-order valence-corrected chi connectivity index (χ3v) is 4.11. The first-order valence-corrected chi connectivity index (χ1v) is 7.60. The zero-order chi connectivity index (χ0) is 16.1. The molecule has 6 nitrogen and oxygen atoms in total. The Labute approximate surface area is 130 Å². The van der Waals surface area contributed by atoms with E-state index in [1.807, 2.05) is 14.0 Å². The molecule has 1 saturated heterocycles. The Hall–Kier alpha value is -1.66. The van der Waals surface area contributed by atoms with Crippen LogP contribution in [-0.4, -0.2) is 54.9 Å². The van der Waals surface area contributed by atoms with Crippen molar-refractivity contribution in [2.45, 2.75) is 25.9 Å². The molecular formula is C16H24N2O4. The van der Waals surface area contributed by atoms with Gasteiger partial charge in [-0.2, -0.15) is 0 Å². The number of methoxy groups -OCH3 is 1. The van der Waals surface area contributed by atoms with Gasteiger partial charge in [0.1, 0.15) is 5.69 Å². The standard InChI is InChI=1S/C16H24N2O4/c1-12-10-13(19)11-15(17(12)2)16(20)18-6-4-14(5-7-18)22-9-8-21-3/h10-11,14H,4-9H2,1-3H3. The minimum atomic E-state index is -0.128. The van der Waals surface area contributed by atoms with Gasteiger partial charge in [-0.15, -0.1) is 0 Å². The summed E-state index contributed by atoms with van der Waals surface area (Å²) in [7, 11) is 3.46. The van der Waals surface area contributed by atoms with E-state index in [1.165, 1.54) is 12.1 Å². The van der Waals surface area contributed by atoms with Crippen LogP contribution in [0.4, 0.5) is 0 Å². The van der Waals surface area contributed by atoms with E-state index in [4.69, 9.17) is 9.47 Å². The van der Waals surface area contributed by atoms with Gasteiger partial charge < -0.3 is 18.9 Å². The average Bonchev–Trinajstić information content (AvgIpc) is 2.51. The number of pyridine rings is 1. The number of carbonyl (C=O) groups is 1. The van der Waals surface area contributed by atoms with E-state index < -0.39 is 0 Å². The van der Waals surface area contributed by atoms with Crippen LogP contribution in [0.1, 0.15) is 29.0 Å². The number of carbonyl (C=O) groups excluding carboxylic acids is 1. The van der Waals surface area contributed by atoms with Gasteiger partial charge in [0.2, 0.25) is 0 Å². The lowest BCUT2D eigenvalue weighted by Crippen LogP contribution is -2.42. The third-order valence-electron chi connectivity index (χ3n) is 4.11. The molecule has 0 saturated carbocycles. The normalized spacial score (nSPS) is 16.0. The van der Waals surface area contributed by atoms with Crippen molar-refractivity contribution in [1.82, 2.24) is 9.47 Å². The van der Waals surface area contributed by atoms with Crippen LogP contribution in [-0.2, 0) is 16.5 Å². The summed E-state index contributed by atoms with van der Waals surface area (Å²) >= 11 is 0. The minimum absolute atomic E-state index is 0.0846. The first-order valence-electron chi connectivity index (χ1n) is 7.60. The molecule has 0 atom stereocenters. The minimum Gasteiger partial charge on any atom is -0.382 e. The van der Waals surface area contributed by atoms with E-state index in [0.29, 0.717) is 32.0 Å². The number of rotatable bonds is 5. The number of piperidine rings is 1. The molecule has 1 aliphatic rings. The van der Waals surface area contributed by atoms with Crippen LogP contribution in [0.5, 0.6) is 0 Å². The lowest BCUT2D eigenvalue weighted by atomic mass is 10.1. The highest BCUT2D eigenvalue weighted by Gasteiger charge is 2.25. The molecule has 0 unspecified atom stereocenters. The van der Waals surface area contributed by atoms with Crippen molar-refractivity contribution in [2.75, 3.05) is 33.4 Å². The summed E-state index contributed by atoms with van der Waals surface area (Å²) in [6.45, 7) is 4.30. The Morgan fingerprint density at radius 1 is 1.27 bits per heavy atom. The fourth-order valence-electron chi connectivity index (χ4n) is 2.66. The van der Waals surface area contributed by atoms with Gasteiger partial charge in [0.25, 0.3) is 5.91 Å². The van der Waals surface area contributed by atoms with Crippen LogP contribution in [0.15, 0.2) is 16.9 Å². The van der Waals surface area contributed by atoms with E-state index in [9.17, 15) is 9.59 Å². The van der Waals surface area contributed by atoms with E-state index in [0.717, 1.165) is 18.5 Å². The van der Waals surface area contributed by atoms with Crippen molar-refractivity contribution < 1.29 is 14.3 Å². The van der Waals surface area contributed by atoms with Gasteiger partial charge in [-0.3, -0.25) is 9.59 Å². The predicted molar refractivity (Wildman–Crippen MR) is 83.2 cm³/mol. The lowest BCUT2D eigenvalue weighted by molar-refractivity contribution is -0.0124. The Balaban J connectivity index is 1.97.